The van der Waals surface area contributed by atoms with Crippen LogP contribution in [-0.2, 0) is 22.6 Å². The van der Waals surface area contributed by atoms with Crippen LogP contribution in [0.1, 0.15) is 36.8 Å². The molecule has 4 heterocycles. The summed E-state index contributed by atoms with van der Waals surface area (Å²) in [5.74, 6) is 0.385. The third-order valence-electron chi connectivity index (χ3n) is 6.38. The number of hydrogen-bond acceptors (Lipinski definition) is 4. The van der Waals surface area contributed by atoms with Gasteiger partial charge in [-0.15, -0.1) is 0 Å². The highest BCUT2D eigenvalue weighted by Gasteiger charge is 2.41. The topological polar surface area (TPSA) is 71.3 Å². The normalized spacial score (nSPS) is 19.0. The monoisotopic (exact) mass is 395 g/mol. The van der Waals surface area contributed by atoms with Crippen molar-refractivity contribution in [1.82, 2.24) is 24.6 Å². The Hall–Kier alpha value is -2.70. The van der Waals surface area contributed by atoms with Gasteiger partial charge in [-0.3, -0.25) is 19.3 Å². The van der Waals surface area contributed by atoms with Crippen molar-refractivity contribution in [2.75, 3.05) is 26.2 Å². The van der Waals surface area contributed by atoms with Crippen LogP contribution in [0.4, 0.5) is 0 Å². The Bertz CT molecular complexity index is 855. The molecule has 2 amide bonds. The Morgan fingerprint density at radius 3 is 2.72 bits per heavy atom. The Morgan fingerprint density at radius 1 is 1.21 bits per heavy atom. The van der Waals surface area contributed by atoms with Crippen molar-refractivity contribution in [3.63, 3.8) is 0 Å². The molecule has 2 saturated heterocycles. The van der Waals surface area contributed by atoms with Crippen molar-refractivity contribution < 1.29 is 9.59 Å². The molecular formula is C22H29N5O2. The predicted molar refractivity (Wildman–Crippen MR) is 109 cm³/mol. The van der Waals surface area contributed by atoms with Gasteiger partial charge in [0, 0.05) is 51.2 Å². The molecule has 0 atom stereocenters. The predicted octanol–water partition coefficient (Wildman–Crippen LogP) is 2.06. The molecule has 29 heavy (non-hydrogen) atoms. The van der Waals surface area contributed by atoms with Gasteiger partial charge in [0.15, 0.2) is 0 Å². The number of likely N-dealkylation sites (tertiary alicyclic amines) is 2. The van der Waals surface area contributed by atoms with Crippen LogP contribution in [-0.4, -0.2) is 62.6 Å². The van der Waals surface area contributed by atoms with Crippen LogP contribution in [0.25, 0.3) is 0 Å². The third kappa shape index (κ3) is 4.66. The summed E-state index contributed by atoms with van der Waals surface area (Å²) in [7, 11) is 0. The number of amides is 2. The number of rotatable bonds is 5. The summed E-state index contributed by atoms with van der Waals surface area (Å²) in [6.45, 7) is 5.37. The first-order chi connectivity index (χ1) is 14.0. The van der Waals surface area contributed by atoms with Crippen molar-refractivity contribution in [2.45, 2.75) is 45.6 Å². The van der Waals surface area contributed by atoms with Crippen molar-refractivity contribution in [1.29, 1.82) is 0 Å². The second-order valence-corrected chi connectivity index (χ2v) is 8.52. The Kier molecular flexibility index (Phi) is 5.65. The lowest BCUT2D eigenvalue weighted by Crippen LogP contribution is -2.53. The molecule has 0 aromatic carbocycles. The molecule has 0 aliphatic carbocycles. The average molecular weight is 396 g/mol. The Morgan fingerprint density at radius 2 is 2.03 bits per heavy atom. The van der Waals surface area contributed by atoms with Crippen molar-refractivity contribution >= 4 is 11.8 Å². The number of aryl methyl sites for hydroxylation is 1. The zero-order chi connectivity index (χ0) is 20.3. The first-order valence-corrected chi connectivity index (χ1v) is 10.5. The summed E-state index contributed by atoms with van der Waals surface area (Å²) in [6.07, 6.45) is 11.6. The lowest BCUT2D eigenvalue weighted by atomic mass is 9.72. The fourth-order valence-electron chi connectivity index (χ4n) is 4.55. The van der Waals surface area contributed by atoms with E-state index in [2.05, 4.69) is 16.1 Å². The molecule has 2 aliphatic rings. The van der Waals surface area contributed by atoms with E-state index in [4.69, 9.17) is 0 Å². The fourth-order valence-corrected chi connectivity index (χ4v) is 4.55. The molecular weight excluding hydrogens is 366 g/mol. The van der Waals surface area contributed by atoms with Crippen LogP contribution in [0.5, 0.6) is 0 Å². The molecule has 154 valence electrons. The second-order valence-electron chi connectivity index (χ2n) is 8.52. The molecule has 2 aromatic heterocycles. The van der Waals surface area contributed by atoms with E-state index in [1.807, 2.05) is 35.2 Å². The van der Waals surface area contributed by atoms with Crippen molar-refractivity contribution in [2.24, 2.45) is 5.41 Å². The summed E-state index contributed by atoms with van der Waals surface area (Å²) in [6, 6.07) is 3.99. The molecule has 0 saturated carbocycles. The van der Waals surface area contributed by atoms with Crippen LogP contribution in [0.2, 0.25) is 0 Å². The van der Waals surface area contributed by atoms with E-state index in [1.54, 1.807) is 17.1 Å². The zero-order valence-electron chi connectivity index (χ0n) is 17.1. The Labute approximate surface area is 171 Å². The minimum Gasteiger partial charge on any atom is -0.342 e. The number of piperidine rings is 2. The molecule has 0 radical (unpaired) electrons. The highest BCUT2D eigenvalue weighted by atomic mass is 16.2. The largest absolute Gasteiger partial charge is 0.342 e. The number of aromatic nitrogens is 3. The summed E-state index contributed by atoms with van der Waals surface area (Å²) in [5, 5.41) is 4.22. The van der Waals surface area contributed by atoms with E-state index in [9.17, 15) is 9.59 Å². The minimum absolute atomic E-state index is 0.128. The molecule has 7 heteroatoms. The highest BCUT2D eigenvalue weighted by Crippen LogP contribution is 2.40. The number of pyridine rings is 1. The Balaban J connectivity index is 1.31. The lowest BCUT2D eigenvalue weighted by Gasteiger charge is -2.47. The van der Waals surface area contributed by atoms with Gasteiger partial charge in [0.05, 0.1) is 6.20 Å². The van der Waals surface area contributed by atoms with Gasteiger partial charge in [-0.1, -0.05) is 6.07 Å². The first kappa shape index (κ1) is 19.6. The standard InChI is InChI=1S/C22H29N5O2/c1-18-13-24-27(15-18)16-21(29)25-11-7-22(8-12-25)6-4-20(28)26(17-22)10-5-19-3-2-9-23-14-19/h2-3,9,13-15H,4-8,10-12,16-17H2,1H3. The molecule has 4 rings (SSSR count). The van der Waals surface area contributed by atoms with E-state index < -0.39 is 0 Å². The van der Waals surface area contributed by atoms with Gasteiger partial charge in [0.25, 0.3) is 0 Å². The fraction of sp³-hybridized carbons (Fsp3) is 0.545. The van der Waals surface area contributed by atoms with Crippen LogP contribution in [0, 0.1) is 12.3 Å². The smallest absolute Gasteiger partial charge is 0.244 e. The number of nitrogens with zero attached hydrogens (tertiary/aromatic N) is 5. The zero-order valence-corrected chi connectivity index (χ0v) is 17.1. The summed E-state index contributed by atoms with van der Waals surface area (Å²) >= 11 is 0. The third-order valence-corrected chi connectivity index (χ3v) is 6.38. The van der Waals surface area contributed by atoms with Crippen LogP contribution >= 0.6 is 0 Å². The van der Waals surface area contributed by atoms with E-state index in [0.717, 1.165) is 63.0 Å². The highest BCUT2D eigenvalue weighted by molar-refractivity contribution is 5.77. The summed E-state index contributed by atoms with van der Waals surface area (Å²) in [4.78, 5) is 33.2. The molecule has 0 bridgehead atoms. The van der Waals surface area contributed by atoms with Gasteiger partial charge in [0.2, 0.25) is 11.8 Å². The van der Waals surface area contributed by atoms with Gasteiger partial charge >= 0.3 is 0 Å². The molecule has 7 nitrogen and oxygen atoms in total. The summed E-state index contributed by atoms with van der Waals surface area (Å²) < 4.78 is 1.71. The van der Waals surface area contributed by atoms with E-state index >= 15 is 0 Å². The molecule has 2 fully saturated rings. The maximum atomic E-state index is 12.6. The SMILES string of the molecule is Cc1cnn(CC(=O)N2CCC3(CCC(=O)N(CCc4cccnc4)C3)CC2)c1. The van der Waals surface area contributed by atoms with Crippen molar-refractivity contribution in [3.8, 4) is 0 Å². The van der Waals surface area contributed by atoms with Crippen molar-refractivity contribution in [3.05, 3.63) is 48.0 Å². The number of carbonyl (C=O) groups excluding carboxylic acids is 2. The molecule has 0 unspecified atom stereocenters. The summed E-state index contributed by atoms with van der Waals surface area (Å²) in [5.41, 5.74) is 2.38. The molecule has 2 aromatic rings. The van der Waals surface area contributed by atoms with Crippen LogP contribution in [0.3, 0.4) is 0 Å². The lowest BCUT2D eigenvalue weighted by molar-refractivity contribution is -0.142. The van der Waals surface area contributed by atoms with Gasteiger partial charge in [-0.25, -0.2) is 0 Å². The van der Waals surface area contributed by atoms with Gasteiger partial charge < -0.3 is 9.80 Å². The van der Waals surface area contributed by atoms with Crippen LogP contribution in [0.15, 0.2) is 36.9 Å². The van der Waals surface area contributed by atoms with Crippen LogP contribution < -0.4 is 0 Å². The number of hydrogen-bond donors (Lipinski definition) is 0. The molecule has 0 N–H and O–H groups in total. The van der Waals surface area contributed by atoms with E-state index in [0.29, 0.717) is 13.0 Å². The van der Waals surface area contributed by atoms with Gasteiger partial charge in [-0.05, 0) is 55.2 Å². The second kappa shape index (κ2) is 8.35. The van der Waals surface area contributed by atoms with Gasteiger partial charge in [0.1, 0.15) is 6.54 Å². The molecule has 1 spiro atoms. The number of carbonyl (C=O) groups is 2. The quantitative estimate of drug-likeness (QED) is 0.777. The first-order valence-electron chi connectivity index (χ1n) is 10.5. The minimum atomic E-state index is 0.128. The molecule has 2 aliphatic heterocycles. The maximum Gasteiger partial charge on any atom is 0.244 e. The maximum absolute atomic E-state index is 12.6. The van der Waals surface area contributed by atoms with Gasteiger partial charge in [-0.2, -0.15) is 5.10 Å². The average Bonchev–Trinajstić information content (AvgIpc) is 3.15. The van der Waals surface area contributed by atoms with E-state index in [1.165, 1.54) is 0 Å². The van der Waals surface area contributed by atoms with E-state index in [-0.39, 0.29) is 17.2 Å².